The van der Waals surface area contributed by atoms with E-state index in [2.05, 4.69) is 10.6 Å². The summed E-state index contributed by atoms with van der Waals surface area (Å²) >= 11 is 0. The van der Waals surface area contributed by atoms with Gasteiger partial charge in [0.1, 0.15) is 0 Å². The highest BCUT2D eigenvalue weighted by Gasteiger charge is 2.23. The van der Waals surface area contributed by atoms with Crippen molar-refractivity contribution in [2.24, 2.45) is 15.9 Å². The number of nitrogens with zero attached hydrogens (tertiary/aromatic N) is 1. The summed E-state index contributed by atoms with van der Waals surface area (Å²) < 4.78 is 22.8. The summed E-state index contributed by atoms with van der Waals surface area (Å²) in [5.41, 5.74) is 7.02. The molecular formula is C18H29N5O2S. The first-order chi connectivity index (χ1) is 12.4. The second kappa shape index (κ2) is 8.37. The zero-order valence-electron chi connectivity index (χ0n) is 15.0. The lowest BCUT2D eigenvalue weighted by molar-refractivity contribution is 0.385. The van der Waals surface area contributed by atoms with Crippen molar-refractivity contribution < 1.29 is 8.42 Å². The highest BCUT2D eigenvalue weighted by atomic mass is 32.2. The van der Waals surface area contributed by atoms with Gasteiger partial charge in [-0.3, -0.25) is 0 Å². The van der Waals surface area contributed by atoms with Crippen LogP contribution in [0.25, 0.3) is 0 Å². The molecule has 7 nitrogen and oxygen atoms in total. The van der Waals surface area contributed by atoms with Gasteiger partial charge in [0.25, 0.3) is 0 Å². The van der Waals surface area contributed by atoms with Crippen LogP contribution in [0, 0.1) is 0 Å². The normalized spacial score (nSPS) is 25.2. The minimum absolute atomic E-state index is 0.0932. The van der Waals surface area contributed by atoms with Crippen molar-refractivity contribution in [1.82, 2.24) is 5.32 Å². The number of benzene rings is 1. The van der Waals surface area contributed by atoms with Gasteiger partial charge in [-0.1, -0.05) is 25.7 Å². The van der Waals surface area contributed by atoms with E-state index in [9.17, 15) is 8.42 Å². The number of rotatable bonds is 4. The summed E-state index contributed by atoms with van der Waals surface area (Å²) in [4.78, 5) is 4.97. The van der Waals surface area contributed by atoms with E-state index in [0.29, 0.717) is 6.04 Å². The van der Waals surface area contributed by atoms with Gasteiger partial charge in [-0.05, 0) is 49.9 Å². The van der Waals surface area contributed by atoms with Crippen LogP contribution in [0.5, 0.6) is 0 Å². The average Bonchev–Trinajstić information content (AvgIpc) is 3.09. The molecule has 0 saturated heterocycles. The number of aliphatic imine (C=N–C) groups is 1. The van der Waals surface area contributed by atoms with Crippen molar-refractivity contribution in [3.63, 3.8) is 0 Å². The van der Waals surface area contributed by atoms with Gasteiger partial charge in [-0.25, -0.2) is 18.5 Å². The van der Waals surface area contributed by atoms with Crippen molar-refractivity contribution >= 4 is 21.7 Å². The largest absolute Gasteiger partial charge is 0.353 e. The molecule has 6 N–H and O–H groups in total. The molecule has 2 atom stereocenters. The van der Waals surface area contributed by atoms with Crippen molar-refractivity contribution in [2.45, 2.75) is 74.4 Å². The van der Waals surface area contributed by atoms with Gasteiger partial charge in [0.15, 0.2) is 5.96 Å². The van der Waals surface area contributed by atoms with Gasteiger partial charge in [0.05, 0.1) is 10.9 Å². The van der Waals surface area contributed by atoms with Gasteiger partial charge in [0, 0.05) is 17.8 Å². The molecule has 26 heavy (non-hydrogen) atoms. The minimum atomic E-state index is -3.69. The second-order valence-corrected chi connectivity index (χ2v) is 8.87. The Labute approximate surface area is 155 Å². The third-order valence-corrected chi connectivity index (χ3v) is 6.15. The SMILES string of the molecule is N[C@H]1CCCC[C@@H]1N=C(Nc1ccc(S(N)(=O)=O)cc1)NC1CCCC1. The number of guanidine groups is 1. The molecule has 0 heterocycles. The first-order valence-corrected chi connectivity index (χ1v) is 11.0. The van der Waals surface area contributed by atoms with E-state index in [1.165, 1.54) is 31.4 Å². The predicted molar refractivity (Wildman–Crippen MR) is 104 cm³/mol. The molecule has 1 aromatic carbocycles. The van der Waals surface area contributed by atoms with Crippen LogP contribution in [0.1, 0.15) is 51.4 Å². The van der Waals surface area contributed by atoms with E-state index in [1.54, 1.807) is 12.1 Å². The molecule has 8 heteroatoms. The van der Waals surface area contributed by atoms with Crippen LogP contribution in [-0.2, 0) is 10.0 Å². The van der Waals surface area contributed by atoms with Crippen molar-refractivity contribution in [3.05, 3.63) is 24.3 Å². The number of hydrogen-bond donors (Lipinski definition) is 4. The summed E-state index contributed by atoms with van der Waals surface area (Å²) in [5.74, 6) is 0.725. The monoisotopic (exact) mass is 379 g/mol. The molecule has 2 aliphatic rings. The second-order valence-electron chi connectivity index (χ2n) is 7.31. The lowest BCUT2D eigenvalue weighted by Gasteiger charge is -2.27. The third-order valence-electron chi connectivity index (χ3n) is 5.22. The molecule has 0 radical (unpaired) electrons. The topological polar surface area (TPSA) is 123 Å². The average molecular weight is 380 g/mol. The molecule has 1 aromatic rings. The van der Waals surface area contributed by atoms with Crippen LogP contribution in [0.3, 0.4) is 0 Å². The van der Waals surface area contributed by atoms with Crippen molar-refractivity contribution in [1.29, 1.82) is 0 Å². The molecule has 2 fully saturated rings. The Morgan fingerprint density at radius 1 is 1.00 bits per heavy atom. The van der Waals surface area contributed by atoms with Crippen LogP contribution in [-0.4, -0.2) is 32.5 Å². The Bertz CT molecular complexity index is 726. The predicted octanol–water partition coefficient (Wildman–Crippen LogP) is 1.90. The zero-order valence-corrected chi connectivity index (χ0v) is 15.8. The molecule has 0 unspecified atom stereocenters. The van der Waals surface area contributed by atoms with Gasteiger partial charge < -0.3 is 16.4 Å². The van der Waals surface area contributed by atoms with Crippen LogP contribution in [0.4, 0.5) is 5.69 Å². The number of primary sulfonamides is 1. The van der Waals surface area contributed by atoms with Gasteiger partial charge in [-0.2, -0.15) is 0 Å². The summed E-state index contributed by atoms with van der Waals surface area (Å²) in [5, 5.41) is 12.0. The first-order valence-electron chi connectivity index (χ1n) is 9.41. The van der Waals surface area contributed by atoms with E-state index in [0.717, 1.165) is 43.8 Å². The first kappa shape index (κ1) is 19.1. The van der Waals surface area contributed by atoms with Crippen LogP contribution in [0.2, 0.25) is 0 Å². The molecule has 0 aliphatic heterocycles. The van der Waals surface area contributed by atoms with E-state index in [4.69, 9.17) is 15.9 Å². The fourth-order valence-corrected chi connectivity index (χ4v) is 4.22. The fourth-order valence-electron chi connectivity index (χ4n) is 3.70. The van der Waals surface area contributed by atoms with Gasteiger partial charge >= 0.3 is 0 Å². The summed E-state index contributed by atoms with van der Waals surface area (Å²) in [6, 6.07) is 7.02. The fraction of sp³-hybridized carbons (Fsp3) is 0.611. The Balaban J connectivity index is 1.76. The van der Waals surface area contributed by atoms with Crippen molar-refractivity contribution in [2.75, 3.05) is 5.32 Å². The Morgan fingerprint density at radius 2 is 1.62 bits per heavy atom. The highest BCUT2D eigenvalue weighted by Crippen LogP contribution is 2.22. The summed E-state index contributed by atoms with van der Waals surface area (Å²) in [6.07, 6.45) is 9.08. The molecule has 3 rings (SSSR count). The molecule has 0 amide bonds. The molecular weight excluding hydrogens is 350 g/mol. The van der Waals surface area contributed by atoms with Gasteiger partial charge in [-0.15, -0.1) is 0 Å². The quantitative estimate of drug-likeness (QED) is 0.470. The van der Waals surface area contributed by atoms with Crippen LogP contribution < -0.4 is 21.5 Å². The number of anilines is 1. The highest BCUT2D eigenvalue weighted by molar-refractivity contribution is 7.89. The standard InChI is InChI=1S/C18H29N5O2S/c19-16-7-3-4-8-17(16)23-18(21-13-5-1-2-6-13)22-14-9-11-15(12-10-14)26(20,24)25/h9-13,16-17H,1-8,19H2,(H2,20,24,25)(H2,21,22,23)/t16-,17-/m0/s1. The number of nitrogens with one attached hydrogen (secondary N) is 2. The lowest BCUT2D eigenvalue weighted by Crippen LogP contribution is -2.42. The molecule has 2 aliphatic carbocycles. The van der Waals surface area contributed by atoms with Crippen LogP contribution in [0.15, 0.2) is 34.2 Å². The molecule has 0 aromatic heterocycles. The number of nitrogens with two attached hydrogens (primary N) is 2. The zero-order chi connectivity index (χ0) is 18.6. The maximum Gasteiger partial charge on any atom is 0.238 e. The molecule has 0 spiro atoms. The van der Waals surface area contributed by atoms with Gasteiger partial charge in [0.2, 0.25) is 10.0 Å². The van der Waals surface area contributed by atoms with E-state index in [-0.39, 0.29) is 17.0 Å². The third kappa shape index (κ3) is 5.18. The number of sulfonamides is 1. The van der Waals surface area contributed by atoms with E-state index < -0.39 is 10.0 Å². The number of hydrogen-bond acceptors (Lipinski definition) is 4. The Morgan fingerprint density at radius 3 is 2.23 bits per heavy atom. The smallest absolute Gasteiger partial charge is 0.238 e. The summed E-state index contributed by atoms with van der Waals surface area (Å²) in [7, 11) is -3.69. The van der Waals surface area contributed by atoms with Crippen LogP contribution >= 0.6 is 0 Å². The minimum Gasteiger partial charge on any atom is -0.353 e. The Hall–Kier alpha value is -1.64. The molecule has 0 bridgehead atoms. The maximum atomic E-state index is 11.4. The molecule has 2 saturated carbocycles. The summed E-state index contributed by atoms with van der Waals surface area (Å²) in [6.45, 7) is 0. The maximum absolute atomic E-state index is 11.4. The van der Waals surface area contributed by atoms with E-state index in [1.807, 2.05) is 0 Å². The molecule has 144 valence electrons. The Kier molecular flexibility index (Phi) is 6.16. The van der Waals surface area contributed by atoms with Crippen molar-refractivity contribution in [3.8, 4) is 0 Å². The lowest BCUT2D eigenvalue weighted by atomic mass is 9.91. The van der Waals surface area contributed by atoms with E-state index >= 15 is 0 Å².